The first-order valence-corrected chi connectivity index (χ1v) is 5.18. The van der Waals surface area contributed by atoms with Crippen LogP contribution in [-0.2, 0) is 9.53 Å². The zero-order valence-corrected chi connectivity index (χ0v) is 9.92. The van der Waals surface area contributed by atoms with Gasteiger partial charge in [0.15, 0.2) is 6.04 Å². The number of methoxy groups -OCH3 is 1. The van der Waals surface area contributed by atoms with E-state index in [1.54, 1.807) is 30.3 Å². The number of aliphatic hydroxyl groups is 1. The molecule has 0 saturated heterocycles. The van der Waals surface area contributed by atoms with Gasteiger partial charge in [-0.3, -0.25) is 4.79 Å². The fourth-order valence-corrected chi connectivity index (χ4v) is 1.46. The number of benzene rings is 1. The van der Waals surface area contributed by atoms with Gasteiger partial charge in [-0.2, -0.15) is 0 Å². The SMILES string of the molecule is COC(=O)C(CO)N(Cl)C(=O)c1ccccc1. The predicted molar refractivity (Wildman–Crippen MR) is 61.4 cm³/mol. The van der Waals surface area contributed by atoms with E-state index < -0.39 is 24.5 Å². The molecule has 0 spiro atoms. The van der Waals surface area contributed by atoms with Crippen molar-refractivity contribution in [3.05, 3.63) is 35.9 Å². The lowest BCUT2D eigenvalue weighted by Gasteiger charge is -2.21. The summed E-state index contributed by atoms with van der Waals surface area (Å²) in [5.74, 6) is -1.34. The van der Waals surface area contributed by atoms with Gasteiger partial charge < -0.3 is 9.84 Å². The summed E-state index contributed by atoms with van der Waals surface area (Å²) in [6.07, 6.45) is 0. The fourth-order valence-electron chi connectivity index (χ4n) is 1.22. The molecule has 0 heterocycles. The third-order valence-electron chi connectivity index (χ3n) is 2.13. The molecule has 1 aromatic rings. The molecule has 0 aliphatic heterocycles. The van der Waals surface area contributed by atoms with E-state index in [0.717, 1.165) is 7.11 Å². The smallest absolute Gasteiger partial charge is 0.332 e. The van der Waals surface area contributed by atoms with E-state index in [4.69, 9.17) is 16.9 Å². The van der Waals surface area contributed by atoms with E-state index in [2.05, 4.69) is 4.74 Å². The lowest BCUT2D eigenvalue weighted by Crippen LogP contribution is -2.42. The number of esters is 1. The van der Waals surface area contributed by atoms with Crippen molar-refractivity contribution >= 4 is 23.7 Å². The van der Waals surface area contributed by atoms with Crippen molar-refractivity contribution in [2.24, 2.45) is 0 Å². The maximum absolute atomic E-state index is 11.8. The first kappa shape index (κ1) is 13.5. The van der Waals surface area contributed by atoms with Crippen molar-refractivity contribution in [1.29, 1.82) is 0 Å². The molecule has 1 amide bonds. The minimum atomic E-state index is -1.21. The lowest BCUT2D eigenvalue weighted by molar-refractivity contribution is -0.145. The van der Waals surface area contributed by atoms with Crippen LogP contribution in [0.2, 0.25) is 0 Å². The molecule has 0 aliphatic carbocycles. The van der Waals surface area contributed by atoms with Crippen LogP contribution in [0.15, 0.2) is 30.3 Å². The highest BCUT2D eigenvalue weighted by Gasteiger charge is 2.29. The normalized spacial score (nSPS) is 11.7. The van der Waals surface area contributed by atoms with E-state index in [9.17, 15) is 9.59 Å². The molecule has 0 fully saturated rings. The third-order valence-corrected chi connectivity index (χ3v) is 2.52. The van der Waals surface area contributed by atoms with Crippen molar-refractivity contribution in [2.75, 3.05) is 13.7 Å². The van der Waals surface area contributed by atoms with Gasteiger partial charge >= 0.3 is 5.97 Å². The summed E-state index contributed by atoms with van der Waals surface area (Å²) in [5.41, 5.74) is 0.324. The Hall–Kier alpha value is -1.59. The van der Waals surface area contributed by atoms with Crippen molar-refractivity contribution < 1.29 is 19.4 Å². The Labute approximate surface area is 104 Å². The summed E-state index contributed by atoms with van der Waals surface area (Å²) < 4.78 is 5.07. The molecule has 5 nitrogen and oxygen atoms in total. The summed E-state index contributed by atoms with van der Waals surface area (Å²) in [7, 11) is 1.16. The number of ether oxygens (including phenoxy) is 1. The highest BCUT2D eigenvalue weighted by molar-refractivity contribution is 6.25. The second-order valence-electron chi connectivity index (χ2n) is 3.20. The standard InChI is InChI=1S/C11H12ClNO4/c1-17-11(16)9(7-14)13(12)10(15)8-5-3-2-4-6-8/h2-6,9,14H,7H2,1H3. The number of amides is 1. The minimum Gasteiger partial charge on any atom is -0.467 e. The summed E-state index contributed by atoms with van der Waals surface area (Å²) in [6, 6.07) is 6.99. The van der Waals surface area contributed by atoms with Crippen LogP contribution in [-0.4, -0.2) is 41.2 Å². The average Bonchev–Trinajstić information content (AvgIpc) is 2.39. The molecule has 0 aliphatic rings. The zero-order chi connectivity index (χ0) is 12.8. The third kappa shape index (κ3) is 3.18. The van der Waals surface area contributed by atoms with E-state index in [1.807, 2.05) is 0 Å². The van der Waals surface area contributed by atoms with Crippen molar-refractivity contribution in [2.45, 2.75) is 6.04 Å². The first-order chi connectivity index (χ1) is 8.11. The van der Waals surface area contributed by atoms with E-state index in [1.165, 1.54) is 0 Å². The Bertz CT molecular complexity index is 396. The number of carbonyl (C=O) groups is 2. The average molecular weight is 258 g/mol. The number of hydrogen-bond donors (Lipinski definition) is 1. The molecule has 1 unspecified atom stereocenters. The summed E-state index contributed by atoms with van der Waals surface area (Å²) in [6.45, 7) is -0.602. The first-order valence-electron chi connectivity index (χ1n) is 4.85. The van der Waals surface area contributed by atoms with Crippen LogP contribution < -0.4 is 0 Å². The number of aliphatic hydroxyl groups excluding tert-OH is 1. The molecule has 1 rings (SSSR count). The van der Waals surface area contributed by atoms with Crippen LogP contribution in [0, 0.1) is 0 Å². The molecule has 1 atom stereocenters. The quantitative estimate of drug-likeness (QED) is 0.641. The maximum Gasteiger partial charge on any atom is 0.332 e. The predicted octanol–water partition coefficient (Wildman–Crippen LogP) is 0.817. The Morgan fingerprint density at radius 3 is 2.47 bits per heavy atom. The molecule has 0 radical (unpaired) electrons. The highest BCUT2D eigenvalue weighted by atomic mass is 35.5. The summed E-state index contributed by atoms with van der Waals surface area (Å²) in [5, 5.41) is 9.01. The molecular formula is C11H12ClNO4. The van der Waals surface area contributed by atoms with Gasteiger partial charge in [-0.05, 0) is 12.1 Å². The van der Waals surface area contributed by atoms with Crippen molar-refractivity contribution in [3.63, 3.8) is 0 Å². The van der Waals surface area contributed by atoms with Crippen LogP contribution in [0.4, 0.5) is 0 Å². The molecule has 1 aromatic carbocycles. The Morgan fingerprint density at radius 1 is 1.41 bits per heavy atom. The Morgan fingerprint density at radius 2 is 2.00 bits per heavy atom. The van der Waals surface area contributed by atoms with Crippen LogP contribution in [0.25, 0.3) is 0 Å². The molecule has 6 heteroatoms. The number of hydrogen-bond acceptors (Lipinski definition) is 4. The molecule has 92 valence electrons. The summed E-state index contributed by atoms with van der Waals surface area (Å²) >= 11 is 5.73. The van der Waals surface area contributed by atoms with Gasteiger partial charge in [-0.15, -0.1) is 0 Å². The minimum absolute atomic E-state index is 0.324. The molecule has 0 saturated carbocycles. The second kappa shape index (κ2) is 6.22. The van der Waals surface area contributed by atoms with Gasteiger partial charge in [0.05, 0.1) is 13.7 Å². The Kier molecular flexibility index (Phi) is 4.93. The van der Waals surface area contributed by atoms with Gasteiger partial charge in [0, 0.05) is 17.3 Å². The molecule has 17 heavy (non-hydrogen) atoms. The lowest BCUT2D eigenvalue weighted by atomic mass is 10.2. The van der Waals surface area contributed by atoms with Gasteiger partial charge in [-0.25, -0.2) is 9.21 Å². The van der Waals surface area contributed by atoms with Crippen molar-refractivity contribution in [1.82, 2.24) is 4.42 Å². The highest BCUT2D eigenvalue weighted by Crippen LogP contribution is 2.12. The van der Waals surface area contributed by atoms with E-state index >= 15 is 0 Å². The van der Waals surface area contributed by atoms with E-state index in [0.29, 0.717) is 9.98 Å². The van der Waals surface area contributed by atoms with Gasteiger partial charge in [0.25, 0.3) is 5.91 Å². The number of carbonyl (C=O) groups excluding carboxylic acids is 2. The molecule has 0 bridgehead atoms. The Balaban J connectivity index is 2.85. The number of nitrogens with zero attached hydrogens (tertiary/aromatic N) is 1. The molecule has 1 N–H and O–H groups in total. The monoisotopic (exact) mass is 257 g/mol. The number of halogens is 1. The largest absolute Gasteiger partial charge is 0.467 e. The second-order valence-corrected chi connectivity index (χ2v) is 3.57. The number of rotatable bonds is 4. The zero-order valence-electron chi connectivity index (χ0n) is 9.17. The van der Waals surface area contributed by atoms with Crippen LogP contribution in [0.3, 0.4) is 0 Å². The van der Waals surface area contributed by atoms with Gasteiger partial charge in [0.1, 0.15) is 0 Å². The summed E-state index contributed by atoms with van der Waals surface area (Å²) in [4.78, 5) is 23.1. The fraction of sp³-hybridized carbons (Fsp3) is 0.273. The maximum atomic E-state index is 11.8. The molecule has 0 aromatic heterocycles. The van der Waals surface area contributed by atoms with Crippen LogP contribution in [0.5, 0.6) is 0 Å². The van der Waals surface area contributed by atoms with Crippen LogP contribution in [0.1, 0.15) is 10.4 Å². The van der Waals surface area contributed by atoms with Crippen LogP contribution >= 0.6 is 11.8 Å². The molecular weight excluding hydrogens is 246 g/mol. The van der Waals surface area contributed by atoms with E-state index in [-0.39, 0.29) is 0 Å². The van der Waals surface area contributed by atoms with Gasteiger partial charge in [-0.1, -0.05) is 18.2 Å². The van der Waals surface area contributed by atoms with Gasteiger partial charge in [0.2, 0.25) is 0 Å². The topological polar surface area (TPSA) is 66.8 Å². The van der Waals surface area contributed by atoms with Crippen molar-refractivity contribution in [3.8, 4) is 0 Å².